The second-order valence-electron chi connectivity index (χ2n) is 7.90. The Morgan fingerprint density at radius 3 is 2.78 bits per heavy atom. The van der Waals surface area contributed by atoms with E-state index in [2.05, 4.69) is 48.5 Å². The van der Waals surface area contributed by atoms with Crippen molar-refractivity contribution in [1.82, 2.24) is 14.7 Å². The van der Waals surface area contributed by atoms with Crippen LogP contribution >= 0.6 is 0 Å². The summed E-state index contributed by atoms with van der Waals surface area (Å²) in [5.41, 5.74) is 2.33. The molecule has 2 aliphatic heterocycles. The fraction of sp³-hybridized carbons (Fsp3) is 0.524. The first-order valence-electron chi connectivity index (χ1n) is 9.81. The standard InChI is InChI=1S/C21H28N4O2/c1-14(2)25-15(3)11-20(23-25)22-21(26)24-12-17(16-7-5-4-6-8-16)18-13-27-10-9-19(18)24/h4-8,11,14,17-19H,9-10,12-13H2,1-3H3,(H,22,23,26). The van der Waals surface area contributed by atoms with Crippen LogP contribution in [0.1, 0.15) is 43.5 Å². The van der Waals surface area contributed by atoms with Crippen LogP contribution in [0.15, 0.2) is 36.4 Å². The summed E-state index contributed by atoms with van der Waals surface area (Å²) >= 11 is 0. The number of likely N-dealkylation sites (tertiary alicyclic amines) is 1. The molecule has 2 aromatic rings. The minimum atomic E-state index is -0.0567. The van der Waals surface area contributed by atoms with Gasteiger partial charge in [0.25, 0.3) is 0 Å². The largest absolute Gasteiger partial charge is 0.381 e. The van der Waals surface area contributed by atoms with E-state index in [-0.39, 0.29) is 18.1 Å². The van der Waals surface area contributed by atoms with Crippen molar-refractivity contribution in [1.29, 1.82) is 0 Å². The molecule has 2 amide bonds. The van der Waals surface area contributed by atoms with Gasteiger partial charge in [-0.1, -0.05) is 30.3 Å². The molecule has 144 valence electrons. The highest BCUT2D eigenvalue weighted by atomic mass is 16.5. The predicted octanol–water partition coefficient (Wildman–Crippen LogP) is 3.81. The molecule has 3 unspecified atom stereocenters. The Balaban J connectivity index is 1.53. The number of nitrogens with zero attached hydrogens (tertiary/aromatic N) is 3. The van der Waals surface area contributed by atoms with Crippen LogP contribution in [0.4, 0.5) is 10.6 Å². The van der Waals surface area contributed by atoms with Gasteiger partial charge in [-0.25, -0.2) is 4.79 Å². The number of aromatic nitrogens is 2. The summed E-state index contributed by atoms with van der Waals surface area (Å²) in [6.07, 6.45) is 0.890. The molecule has 27 heavy (non-hydrogen) atoms. The van der Waals surface area contributed by atoms with Gasteiger partial charge in [-0.05, 0) is 32.8 Å². The number of carbonyl (C=O) groups excluding carboxylic acids is 1. The van der Waals surface area contributed by atoms with Crippen LogP contribution < -0.4 is 5.32 Å². The fourth-order valence-corrected chi connectivity index (χ4v) is 4.54. The number of benzene rings is 1. The zero-order valence-electron chi connectivity index (χ0n) is 16.3. The first-order valence-corrected chi connectivity index (χ1v) is 9.81. The molecule has 0 saturated carbocycles. The van der Waals surface area contributed by atoms with E-state index < -0.39 is 0 Å². The number of fused-ring (bicyclic) bond motifs is 1. The lowest BCUT2D eigenvalue weighted by Crippen LogP contribution is -2.44. The van der Waals surface area contributed by atoms with E-state index in [0.717, 1.165) is 25.3 Å². The van der Waals surface area contributed by atoms with Crippen LogP contribution in [0.25, 0.3) is 0 Å². The lowest BCUT2D eigenvalue weighted by molar-refractivity contribution is 0.0272. The van der Waals surface area contributed by atoms with Crippen molar-refractivity contribution in [3.05, 3.63) is 47.7 Å². The average molecular weight is 368 g/mol. The van der Waals surface area contributed by atoms with Crippen molar-refractivity contribution in [2.24, 2.45) is 5.92 Å². The molecule has 0 spiro atoms. The molecule has 6 nitrogen and oxygen atoms in total. The van der Waals surface area contributed by atoms with Gasteiger partial charge in [0.05, 0.1) is 6.61 Å². The average Bonchev–Trinajstić information content (AvgIpc) is 3.23. The zero-order valence-corrected chi connectivity index (χ0v) is 16.3. The number of hydrogen-bond acceptors (Lipinski definition) is 3. The smallest absolute Gasteiger partial charge is 0.323 e. The molecule has 0 aliphatic carbocycles. The molecule has 2 fully saturated rings. The summed E-state index contributed by atoms with van der Waals surface area (Å²) < 4.78 is 7.69. The lowest BCUT2D eigenvalue weighted by atomic mass is 9.84. The highest BCUT2D eigenvalue weighted by molar-refractivity contribution is 5.89. The van der Waals surface area contributed by atoms with E-state index in [1.165, 1.54) is 5.56 Å². The van der Waals surface area contributed by atoms with Gasteiger partial charge in [0.1, 0.15) is 0 Å². The number of urea groups is 1. The summed E-state index contributed by atoms with van der Waals surface area (Å²) in [6.45, 7) is 8.34. The minimum absolute atomic E-state index is 0.0567. The second kappa shape index (κ2) is 7.35. The molecule has 3 heterocycles. The number of carbonyl (C=O) groups is 1. The molecule has 1 aromatic heterocycles. The van der Waals surface area contributed by atoms with Crippen molar-refractivity contribution in [2.75, 3.05) is 25.1 Å². The van der Waals surface area contributed by atoms with Crippen molar-refractivity contribution < 1.29 is 9.53 Å². The molecule has 2 saturated heterocycles. The van der Waals surface area contributed by atoms with Gasteiger partial charge in [-0.3, -0.25) is 10.00 Å². The number of amides is 2. The van der Waals surface area contributed by atoms with Crippen molar-refractivity contribution in [3.63, 3.8) is 0 Å². The van der Waals surface area contributed by atoms with E-state index in [0.29, 0.717) is 24.3 Å². The molecule has 0 bridgehead atoms. The fourth-order valence-electron chi connectivity index (χ4n) is 4.54. The maximum absolute atomic E-state index is 13.1. The minimum Gasteiger partial charge on any atom is -0.381 e. The Bertz CT molecular complexity index is 802. The van der Waals surface area contributed by atoms with E-state index in [1.807, 2.05) is 28.6 Å². The normalized spacial score (nSPS) is 24.9. The zero-order chi connectivity index (χ0) is 19.0. The topological polar surface area (TPSA) is 59.4 Å². The van der Waals surface area contributed by atoms with Crippen LogP contribution in [-0.4, -0.2) is 46.5 Å². The summed E-state index contributed by atoms with van der Waals surface area (Å²) in [7, 11) is 0. The molecular formula is C21H28N4O2. The summed E-state index contributed by atoms with van der Waals surface area (Å²) in [4.78, 5) is 15.1. The number of ether oxygens (including phenoxy) is 1. The molecule has 6 heteroatoms. The van der Waals surface area contributed by atoms with Gasteiger partial charge >= 0.3 is 6.03 Å². The molecule has 0 radical (unpaired) electrons. The quantitative estimate of drug-likeness (QED) is 0.896. The Labute approximate surface area is 160 Å². The van der Waals surface area contributed by atoms with Crippen LogP contribution in [0.2, 0.25) is 0 Å². The van der Waals surface area contributed by atoms with Gasteiger partial charge in [0.2, 0.25) is 0 Å². The van der Waals surface area contributed by atoms with E-state index in [1.54, 1.807) is 0 Å². The van der Waals surface area contributed by atoms with Gasteiger partial charge in [-0.15, -0.1) is 0 Å². The van der Waals surface area contributed by atoms with E-state index >= 15 is 0 Å². The molecule has 2 aliphatic rings. The number of rotatable bonds is 3. The molecular weight excluding hydrogens is 340 g/mol. The Hall–Kier alpha value is -2.34. The summed E-state index contributed by atoms with van der Waals surface area (Å²) in [6, 6.07) is 12.9. The van der Waals surface area contributed by atoms with Crippen LogP contribution in [0, 0.1) is 12.8 Å². The van der Waals surface area contributed by atoms with Crippen LogP contribution in [0.5, 0.6) is 0 Å². The third kappa shape index (κ3) is 3.46. The van der Waals surface area contributed by atoms with Gasteiger partial charge in [0, 0.05) is 48.8 Å². The first kappa shape index (κ1) is 18.0. The maximum Gasteiger partial charge on any atom is 0.323 e. The Morgan fingerprint density at radius 2 is 2.07 bits per heavy atom. The van der Waals surface area contributed by atoms with Crippen LogP contribution in [-0.2, 0) is 4.74 Å². The molecule has 3 atom stereocenters. The molecule has 4 rings (SSSR count). The monoisotopic (exact) mass is 368 g/mol. The Kier molecular flexibility index (Phi) is 4.91. The summed E-state index contributed by atoms with van der Waals surface area (Å²) in [5.74, 6) is 1.29. The predicted molar refractivity (Wildman–Crippen MR) is 105 cm³/mol. The van der Waals surface area contributed by atoms with Crippen molar-refractivity contribution in [3.8, 4) is 0 Å². The van der Waals surface area contributed by atoms with Gasteiger partial charge in [0.15, 0.2) is 5.82 Å². The van der Waals surface area contributed by atoms with Crippen molar-refractivity contribution in [2.45, 2.75) is 45.2 Å². The highest BCUT2D eigenvalue weighted by Crippen LogP contribution is 2.41. The van der Waals surface area contributed by atoms with Gasteiger partial charge < -0.3 is 9.64 Å². The Morgan fingerprint density at radius 1 is 1.30 bits per heavy atom. The SMILES string of the molecule is Cc1cc(NC(=O)N2CC(c3ccccc3)C3COCCC32)nn1C(C)C. The first-order chi connectivity index (χ1) is 13.0. The molecule has 1 N–H and O–H groups in total. The number of anilines is 1. The highest BCUT2D eigenvalue weighted by Gasteiger charge is 2.46. The summed E-state index contributed by atoms with van der Waals surface area (Å²) in [5, 5.41) is 7.55. The van der Waals surface area contributed by atoms with Crippen LogP contribution in [0.3, 0.4) is 0 Å². The third-order valence-corrected chi connectivity index (χ3v) is 5.81. The third-order valence-electron chi connectivity index (χ3n) is 5.81. The van der Waals surface area contributed by atoms with Gasteiger partial charge in [-0.2, -0.15) is 5.10 Å². The van der Waals surface area contributed by atoms with Crippen molar-refractivity contribution >= 4 is 11.8 Å². The maximum atomic E-state index is 13.1. The number of nitrogens with one attached hydrogen (secondary N) is 1. The lowest BCUT2D eigenvalue weighted by Gasteiger charge is -2.32. The van der Waals surface area contributed by atoms with E-state index in [9.17, 15) is 4.79 Å². The number of hydrogen-bond donors (Lipinski definition) is 1. The van der Waals surface area contributed by atoms with E-state index in [4.69, 9.17) is 4.74 Å². The number of aryl methyl sites for hydroxylation is 1. The second-order valence-corrected chi connectivity index (χ2v) is 7.90. The molecule has 1 aromatic carbocycles.